The molecule has 4 nitrogen and oxygen atoms in total. The third-order valence-corrected chi connectivity index (χ3v) is 7.68. The summed E-state index contributed by atoms with van der Waals surface area (Å²) in [4.78, 5) is 15.0. The van der Waals surface area contributed by atoms with Crippen LogP contribution in [0, 0.1) is 23.1 Å². The van der Waals surface area contributed by atoms with Gasteiger partial charge in [0.2, 0.25) is 5.91 Å². The minimum absolute atomic E-state index is 0.0378. The van der Waals surface area contributed by atoms with Crippen molar-refractivity contribution < 1.29 is 17.6 Å². The first-order valence-corrected chi connectivity index (χ1v) is 11.4. The topological polar surface area (TPSA) is 54.5 Å². The molecule has 1 saturated carbocycles. The molecular formula is C19H22Cl2FNO3S. The smallest absolute Gasteiger partial charge is 0.227 e. The number of rotatable bonds is 5. The third kappa shape index (κ3) is 4.49. The van der Waals surface area contributed by atoms with E-state index >= 15 is 0 Å². The predicted octanol–water partition coefficient (Wildman–Crippen LogP) is 3.93. The van der Waals surface area contributed by atoms with E-state index in [-0.39, 0.29) is 57.6 Å². The van der Waals surface area contributed by atoms with E-state index in [9.17, 15) is 17.6 Å². The van der Waals surface area contributed by atoms with Crippen LogP contribution in [0.15, 0.2) is 34.8 Å². The average molecular weight is 434 g/mol. The first kappa shape index (κ1) is 20.6. The summed E-state index contributed by atoms with van der Waals surface area (Å²) in [5.41, 5.74) is 0.458. The van der Waals surface area contributed by atoms with Crippen LogP contribution in [0.4, 0.5) is 4.39 Å². The lowest BCUT2D eigenvalue weighted by Gasteiger charge is -2.29. The molecule has 1 aromatic carbocycles. The standard InChI is InChI=1S/C19H22Cl2FNO3S/c1-19(2)15(9-16(20)21)17(19)18(24)23(14-7-8-27(25,26)11-14)10-12-3-5-13(22)6-4-12/h3-6,9,14-15,17H,7-8,10-11H2,1-2H3/t14-,15-,17-/m1/s1. The molecule has 2 fully saturated rings. The van der Waals surface area contributed by atoms with Crippen LogP contribution >= 0.6 is 23.2 Å². The van der Waals surface area contributed by atoms with Crippen LogP contribution in [0.1, 0.15) is 25.8 Å². The summed E-state index contributed by atoms with van der Waals surface area (Å²) in [6.45, 7) is 4.18. The Balaban J connectivity index is 1.86. The Labute approximate surface area is 169 Å². The lowest BCUT2D eigenvalue weighted by molar-refractivity contribution is -0.136. The van der Waals surface area contributed by atoms with Crippen molar-refractivity contribution in [2.24, 2.45) is 17.3 Å². The number of hydrogen-bond donors (Lipinski definition) is 0. The molecule has 2 aliphatic rings. The van der Waals surface area contributed by atoms with E-state index in [4.69, 9.17) is 23.2 Å². The molecule has 1 aliphatic heterocycles. The molecule has 27 heavy (non-hydrogen) atoms. The van der Waals surface area contributed by atoms with Gasteiger partial charge in [0.25, 0.3) is 0 Å². The van der Waals surface area contributed by atoms with Crippen LogP contribution in [0.2, 0.25) is 0 Å². The zero-order valence-electron chi connectivity index (χ0n) is 15.2. The van der Waals surface area contributed by atoms with Gasteiger partial charge in [0.1, 0.15) is 10.3 Å². The molecule has 0 bridgehead atoms. The van der Waals surface area contributed by atoms with Crippen LogP contribution in [0.5, 0.6) is 0 Å². The fraction of sp³-hybridized carbons (Fsp3) is 0.526. The number of carbonyl (C=O) groups is 1. The maximum absolute atomic E-state index is 13.3. The van der Waals surface area contributed by atoms with Crippen molar-refractivity contribution in [1.29, 1.82) is 0 Å². The van der Waals surface area contributed by atoms with E-state index in [0.29, 0.717) is 6.42 Å². The van der Waals surface area contributed by atoms with Crippen LogP contribution in [-0.2, 0) is 21.2 Å². The summed E-state index contributed by atoms with van der Waals surface area (Å²) >= 11 is 11.6. The Kier molecular flexibility index (Phi) is 5.63. The van der Waals surface area contributed by atoms with Crippen LogP contribution in [0.25, 0.3) is 0 Å². The summed E-state index contributed by atoms with van der Waals surface area (Å²) in [5.74, 6) is -0.829. The third-order valence-electron chi connectivity index (χ3n) is 5.68. The van der Waals surface area contributed by atoms with Crippen molar-refractivity contribution in [3.63, 3.8) is 0 Å². The SMILES string of the molecule is CC1(C)[C@H](C=C(Cl)Cl)[C@@H]1C(=O)N(Cc1ccc(F)cc1)[C@@H]1CCS(=O)(=O)C1. The van der Waals surface area contributed by atoms with Gasteiger partial charge in [-0.15, -0.1) is 0 Å². The second-order valence-corrected chi connectivity index (χ2v) is 11.2. The zero-order chi connectivity index (χ0) is 20.0. The molecule has 0 spiro atoms. The highest BCUT2D eigenvalue weighted by Crippen LogP contribution is 2.60. The van der Waals surface area contributed by atoms with Gasteiger partial charge in [-0.05, 0) is 41.5 Å². The maximum Gasteiger partial charge on any atom is 0.227 e. The summed E-state index contributed by atoms with van der Waals surface area (Å²) in [5, 5.41) is 0. The highest BCUT2D eigenvalue weighted by Gasteiger charge is 2.62. The van der Waals surface area contributed by atoms with E-state index < -0.39 is 9.84 Å². The molecule has 3 rings (SSSR count). The van der Waals surface area contributed by atoms with Crippen LogP contribution < -0.4 is 0 Å². The molecule has 1 heterocycles. The van der Waals surface area contributed by atoms with Gasteiger partial charge in [0.05, 0.1) is 17.4 Å². The van der Waals surface area contributed by atoms with Gasteiger partial charge in [0.15, 0.2) is 9.84 Å². The normalized spacial score (nSPS) is 27.8. The average Bonchev–Trinajstić information content (AvgIpc) is 2.90. The van der Waals surface area contributed by atoms with Gasteiger partial charge in [-0.3, -0.25) is 4.79 Å². The first-order chi connectivity index (χ1) is 12.5. The molecule has 0 radical (unpaired) electrons. The number of allylic oxidation sites excluding steroid dienone is 1. The van der Waals surface area contributed by atoms with Crippen molar-refractivity contribution >= 4 is 38.9 Å². The minimum Gasteiger partial charge on any atom is -0.334 e. The summed E-state index contributed by atoms with van der Waals surface area (Å²) in [6, 6.07) is 5.53. The first-order valence-electron chi connectivity index (χ1n) is 8.79. The van der Waals surface area contributed by atoms with Crippen molar-refractivity contribution in [3.8, 4) is 0 Å². The molecule has 1 aliphatic carbocycles. The maximum atomic E-state index is 13.3. The minimum atomic E-state index is -3.15. The number of hydrogen-bond acceptors (Lipinski definition) is 3. The summed E-state index contributed by atoms with van der Waals surface area (Å²) < 4.78 is 37.2. The van der Waals surface area contributed by atoms with Crippen molar-refractivity contribution in [2.45, 2.75) is 32.9 Å². The molecule has 0 N–H and O–H groups in total. The van der Waals surface area contributed by atoms with E-state index in [2.05, 4.69) is 0 Å². The Hall–Kier alpha value is -1.11. The molecule has 8 heteroatoms. The van der Waals surface area contributed by atoms with E-state index in [1.165, 1.54) is 12.1 Å². The lowest BCUT2D eigenvalue weighted by Crippen LogP contribution is -2.42. The van der Waals surface area contributed by atoms with Crippen molar-refractivity contribution in [2.75, 3.05) is 11.5 Å². The number of benzene rings is 1. The summed E-state index contributed by atoms with van der Waals surface area (Å²) in [7, 11) is -3.15. The Bertz CT molecular complexity index is 863. The molecule has 1 aromatic rings. The van der Waals surface area contributed by atoms with E-state index in [1.54, 1.807) is 23.1 Å². The van der Waals surface area contributed by atoms with Gasteiger partial charge in [-0.25, -0.2) is 12.8 Å². The number of sulfone groups is 1. The van der Waals surface area contributed by atoms with Gasteiger partial charge in [-0.2, -0.15) is 0 Å². The Morgan fingerprint density at radius 2 is 1.93 bits per heavy atom. The van der Waals surface area contributed by atoms with Crippen LogP contribution in [-0.4, -0.2) is 36.8 Å². The van der Waals surface area contributed by atoms with E-state index in [1.807, 2.05) is 13.8 Å². The quantitative estimate of drug-likeness (QED) is 0.706. The summed E-state index contributed by atoms with van der Waals surface area (Å²) in [6.07, 6.45) is 2.09. The van der Waals surface area contributed by atoms with Crippen LogP contribution in [0.3, 0.4) is 0 Å². The van der Waals surface area contributed by atoms with Crippen molar-refractivity contribution in [3.05, 3.63) is 46.2 Å². The number of carbonyl (C=O) groups excluding carboxylic acids is 1. The monoisotopic (exact) mass is 433 g/mol. The number of halogens is 3. The second kappa shape index (κ2) is 7.37. The van der Waals surface area contributed by atoms with Crippen molar-refractivity contribution in [1.82, 2.24) is 4.90 Å². The molecule has 0 aromatic heterocycles. The van der Waals surface area contributed by atoms with Gasteiger partial charge in [-0.1, -0.05) is 49.2 Å². The molecule has 3 atom stereocenters. The highest BCUT2D eigenvalue weighted by atomic mass is 35.5. The lowest BCUT2D eigenvalue weighted by atomic mass is 10.1. The second-order valence-electron chi connectivity index (χ2n) is 7.93. The molecule has 1 amide bonds. The molecular weight excluding hydrogens is 412 g/mol. The largest absolute Gasteiger partial charge is 0.334 e. The Morgan fingerprint density at radius 1 is 1.30 bits per heavy atom. The zero-order valence-corrected chi connectivity index (χ0v) is 17.5. The van der Waals surface area contributed by atoms with Gasteiger partial charge >= 0.3 is 0 Å². The Morgan fingerprint density at radius 3 is 2.44 bits per heavy atom. The van der Waals surface area contributed by atoms with E-state index in [0.717, 1.165) is 5.56 Å². The molecule has 148 valence electrons. The van der Waals surface area contributed by atoms with Gasteiger partial charge < -0.3 is 4.90 Å². The number of nitrogens with zero attached hydrogens (tertiary/aromatic N) is 1. The number of amides is 1. The fourth-order valence-corrected chi connectivity index (χ4v) is 5.97. The molecule has 0 unspecified atom stereocenters. The van der Waals surface area contributed by atoms with Gasteiger partial charge in [0, 0.05) is 12.6 Å². The fourth-order valence-electron chi connectivity index (χ4n) is 3.97. The molecule has 1 saturated heterocycles. The predicted molar refractivity (Wildman–Crippen MR) is 105 cm³/mol. The highest BCUT2D eigenvalue weighted by molar-refractivity contribution is 7.91.